The van der Waals surface area contributed by atoms with Gasteiger partial charge in [-0.25, -0.2) is 0 Å². The van der Waals surface area contributed by atoms with E-state index in [0.29, 0.717) is 10.7 Å². The molecule has 27 heavy (non-hydrogen) atoms. The molecule has 2 N–H and O–H groups in total. The number of nitrogens with one attached hydrogen (secondary N) is 2. The predicted octanol–water partition coefficient (Wildman–Crippen LogP) is 3.05. The Kier molecular flexibility index (Phi) is 4.54. The number of thiophene rings is 1. The molecule has 5 heteroatoms. The standard InChI is InChI=1S/C22H21N3OS/c1-4-5-20-13(2)10-16(27-20)11-19-18-12-17(15-6-8-23-9-7-15)14(3)24-21(18)25-22(19)26/h6-12,24H,3-5H2,1-2H3,(H,25,26). The second-order valence-corrected chi connectivity index (χ2v) is 7.87. The number of pyridine rings is 1. The van der Waals surface area contributed by atoms with Crippen molar-refractivity contribution in [1.82, 2.24) is 15.0 Å². The Morgan fingerprint density at radius 3 is 2.74 bits per heavy atom. The highest BCUT2D eigenvalue weighted by atomic mass is 32.1. The summed E-state index contributed by atoms with van der Waals surface area (Å²) in [4.78, 5) is 25.3. The van der Waals surface area contributed by atoms with Crippen molar-refractivity contribution >= 4 is 24.0 Å². The van der Waals surface area contributed by atoms with Gasteiger partial charge in [-0.05, 0) is 54.8 Å². The minimum Gasteiger partial charge on any atom is -0.341 e. The highest BCUT2D eigenvalue weighted by Crippen LogP contribution is 2.23. The highest BCUT2D eigenvalue weighted by Gasteiger charge is 2.07. The lowest BCUT2D eigenvalue weighted by atomic mass is 10.1. The Morgan fingerprint density at radius 1 is 1.22 bits per heavy atom. The zero-order valence-corrected chi connectivity index (χ0v) is 16.2. The van der Waals surface area contributed by atoms with E-state index < -0.39 is 0 Å². The summed E-state index contributed by atoms with van der Waals surface area (Å²) in [6, 6.07) is 8.08. The van der Waals surface area contributed by atoms with Crippen molar-refractivity contribution in [2.24, 2.45) is 0 Å². The van der Waals surface area contributed by atoms with E-state index in [2.05, 4.69) is 41.4 Å². The van der Waals surface area contributed by atoms with E-state index in [1.54, 1.807) is 23.7 Å². The SMILES string of the molecule is C=c1[nH]c2[nH]c(=O)c(=Cc3cc(C)c(CCC)s3)c=2cc1-c1ccncc1. The number of hydrogen-bond acceptors (Lipinski definition) is 3. The number of aromatic nitrogens is 3. The number of hydrogen-bond donors (Lipinski definition) is 2. The molecule has 0 spiro atoms. The maximum atomic E-state index is 12.6. The van der Waals surface area contributed by atoms with Crippen LogP contribution in [0.2, 0.25) is 0 Å². The van der Waals surface area contributed by atoms with Gasteiger partial charge >= 0.3 is 0 Å². The maximum Gasteiger partial charge on any atom is 0.257 e. The van der Waals surface area contributed by atoms with Crippen molar-refractivity contribution in [3.8, 4) is 11.1 Å². The quantitative estimate of drug-likeness (QED) is 0.576. The number of aryl methyl sites for hydroxylation is 2. The number of H-pyrrole nitrogens is 2. The Morgan fingerprint density at radius 2 is 2.00 bits per heavy atom. The van der Waals surface area contributed by atoms with Crippen LogP contribution in [-0.4, -0.2) is 15.0 Å². The van der Waals surface area contributed by atoms with Crippen LogP contribution in [-0.2, 0) is 6.42 Å². The van der Waals surface area contributed by atoms with Gasteiger partial charge in [-0.15, -0.1) is 11.3 Å². The summed E-state index contributed by atoms with van der Waals surface area (Å²) in [6.07, 6.45) is 7.70. The smallest absolute Gasteiger partial charge is 0.257 e. The summed E-state index contributed by atoms with van der Waals surface area (Å²) in [7, 11) is 0. The molecule has 0 unspecified atom stereocenters. The van der Waals surface area contributed by atoms with Gasteiger partial charge in [0, 0.05) is 38.3 Å². The summed E-state index contributed by atoms with van der Waals surface area (Å²) in [6.45, 7) is 8.42. The zero-order valence-electron chi connectivity index (χ0n) is 15.4. The third-order valence-corrected chi connectivity index (χ3v) is 5.97. The number of nitrogens with zero attached hydrogens (tertiary/aromatic N) is 1. The summed E-state index contributed by atoms with van der Waals surface area (Å²) < 4.78 is 0. The lowest BCUT2D eigenvalue weighted by Gasteiger charge is -2.01. The summed E-state index contributed by atoms with van der Waals surface area (Å²) in [5, 5.41) is 2.32. The fourth-order valence-corrected chi connectivity index (χ4v) is 4.59. The van der Waals surface area contributed by atoms with E-state index in [-0.39, 0.29) is 5.56 Å². The van der Waals surface area contributed by atoms with Crippen LogP contribution >= 0.6 is 11.3 Å². The van der Waals surface area contributed by atoms with Crippen molar-refractivity contribution in [2.75, 3.05) is 0 Å². The topological polar surface area (TPSA) is 61.5 Å². The van der Waals surface area contributed by atoms with Gasteiger partial charge in [-0.2, -0.15) is 0 Å². The highest BCUT2D eigenvalue weighted by molar-refractivity contribution is 7.13. The van der Waals surface area contributed by atoms with E-state index in [1.165, 1.54) is 10.4 Å². The van der Waals surface area contributed by atoms with Gasteiger partial charge < -0.3 is 9.97 Å². The fourth-order valence-electron chi connectivity index (χ4n) is 3.37. The molecule has 0 saturated carbocycles. The lowest BCUT2D eigenvalue weighted by molar-refractivity contribution is 0.933. The largest absolute Gasteiger partial charge is 0.341 e. The first-order valence-electron chi connectivity index (χ1n) is 9.02. The number of rotatable bonds is 4. The van der Waals surface area contributed by atoms with Crippen LogP contribution in [0.1, 0.15) is 28.7 Å². The molecule has 0 atom stereocenters. The molecule has 0 aromatic carbocycles. The molecule has 0 amide bonds. The molecule has 2 aromatic heterocycles. The van der Waals surface area contributed by atoms with Crippen LogP contribution in [0.5, 0.6) is 0 Å². The first kappa shape index (κ1) is 17.5. The van der Waals surface area contributed by atoms with Gasteiger partial charge in [0.2, 0.25) is 0 Å². The summed E-state index contributed by atoms with van der Waals surface area (Å²) >= 11 is 1.76. The third kappa shape index (κ3) is 3.26. The van der Waals surface area contributed by atoms with E-state index in [1.807, 2.05) is 24.3 Å². The Bertz CT molecular complexity index is 1330. The van der Waals surface area contributed by atoms with Gasteiger partial charge in [0.25, 0.3) is 5.56 Å². The number of aromatic amines is 2. The maximum absolute atomic E-state index is 12.6. The average Bonchev–Trinajstić information content (AvgIpc) is 3.15. The van der Waals surface area contributed by atoms with Crippen LogP contribution < -0.4 is 16.1 Å². The van der Waals surface area contributed by atoms with Crippen molar-refractivity contribution in [3.05, 3.63) is 83.6 Å². The minimum atomic E-state index is -0.0874. The molecule has 0 saturated heterocycles. The Labute approximate surface area is 160 Å². The molecule has 136 valence electrons. The van der Waals surface area contributed by atoms with E-state index in [9.17, 15) is 4.79 Å². The second kappa shape index (κ2) is 7.00. The lowest BCUT2D eigenvalue weighted by Crippen LogP contribution is -2.22. The van der Waals surface area contributed by atoms with Crippen LogP contribution in [0.25, 0.3) is 23.8 Å². The zero-order chi connectivity index (χ0) is 19.0. The first-order valence-corrected chi connectivity index (χ1v) is 9.84. The van der Waals surface area contributed by atoms with Gasteiger partial charge in [-0.3, -0.25) is 9.78 Å². The van der Waals surface area contributed by atoms with E-state index in [0.717, 1.165) is 39.4 Å². The van der Waals surface area contributed by atoms with Crippen molar-refractivity contribution in [3.63, 3.8) is 0 Å². The molecule has 4 rings (SSSR count). The van der Waals surface area contributed by atoms with Crippen molar-refractivity contribution in [2.45, 2.75) is 26.7 Å². The Hall–Kier alpha value is -2.92. The summed E-state index contributed by atoms with van der Waals surface area (Å²) in [5.41, 5.74) is 3.90. The monoisotopic (exact) mass is 375 g/mol. The fraction of sp³-hybridized carbons (Fsp3) is 0.182. The molecule has 0 fully saturated rings. The Balaban J connectivity index is 1.95. The molecule has 0 bridgehead atoms. The predicted molar refractivity (Wildman–Crippen MR) is 111 cm³/mol. The molecule has 2 aromatic rings. The minimum absolute atomic E-state index is 0.0874. The first-order chi connectivity index (χ1) is 13.1. The molecular formula is C22H21N3OS. The van der Waals surface area contributed by atoms with Gasteiger partial charge in [0.1, 0.15) is 5.48 Å². The van der Waals surface area contributed by atoms with Crippen LogP contribution in [0, 0.1) is 17.6 Å². The second-order valence-electron chi connectivity index (χ2n) is 6.70. The van der Waals surface area contributed by atoms with Gasteiger partial charge in [-0.1, -0.05) is 19.9 Å². The molecule has 4 heterocycles. The summed E-state index contributed by atoms with van der Waals surface area (Å²) in [5.74, 6) is 0. The molecular weight excluding hydrogens is 354 g/mol. The van der Waals surface area contributed by atoms with E-state index >= 15 is 0 Å². The molecule has 0 aliphatic carbocycles. The van der Waals surface area contributed by atoms with Crippen molar-refractivity contribution in [1.29, 1.82) is 0 Å². The van der Waals surface area contributed by atoms with Crippen molar-refractivity contribution < 1.29 is 0 Å². The molecule has 4 nitrogen and oxygen atoms in total. The molecule has 2 aliphatic heterocycles. The normalized spacial score (nSPS) is 12.1. The van der Waals surface area contributed by atoms with Gasteiger partial charge in [0.15, 0.2) is 0 Å². The average molecular weight is 375 g/mol. The van der Waals surface area contributed by atoms with E-state index in [4.69, 9.17) is 0 Å². The van der Waals surface area contributed by atoms with Gasteiger partial charge in [0.05, 0.1) is 5.22 Å². The molecule has 2 aliphatic rings. The van der Waals surface area contributed by atoms with Crippen LogP contribution in [0.15, 0.2) is 41.5 Å². The van der Waals surface area contributed by atoms with Crippen LogP contribution in [0.4, 0.5) is 0 Å². The van der Waals surface area contributed by atoms with Crippen LogP contribution in [0.3, 0.4) is 0 Å². The molecule has 0 radical (unpaired) electrons. The third-order valence-electron chi connectivity index (χ3n) is 4.73.